The SMILES string of the molecule is CC(N)C1CCNC1.O[SiH2]O. The summed E-state index contributed by atoms with van der Waals surface area (Å²) in [5, 5.41) is 3.27. The average Bonchev–Trinajstić information content (AvgIpc) is 2.38. The summed E-state index contributed by atoms with van der Waals surface area (Å²) in [4.78, 5) is 14.5. The van der Waals surface area contributed by atoms with Gasteiger partial charge in [-0.3, -0.25) is 0 Å². The molecular weight excluding hydrogens is 160 g/mol. The molecule has 1 heterocycles. The molecule has 1 rings (SSSR count). The first-order chi connectivity index (χ1) is 5.22. The van der Waals surface area contributed by atoms with E-state index in [-0.39, 0.29) is 0 Å². The van der Waals surface area contributed by atoms with Crippen molar-refractivity contribution in [1.29, 1.82) is 0 Å². The van der Waals surface area contributed by atoms with Gasteiger partial charge in [0, 0.05) is 6.04 Å². The summed E-state index contributed by atoms with van der Waals surface area (Å²) in [7, 11) is -1.58. The molecule has 0 radical (unpaired) electrons. The van der Waals surface area contributed by atoms with Gasteiger partial charge in [-0.15, -0.1) is 0 Å². The van der Waals surface area contributed by atoms with E-state index in [0.29, 0.717) is 6.04 Å². The number of rotatable bonds is 1. The Bertz CT molecular complexity index is 86.7. The molecule has 1 fully saturated rings. The van der Waals surface area contributed by atoms with Crippen LogP contribution in [0.4, 0.5) is 0 Å². The Labute approximate surface area is 69.9 Å². The van der Waals surface area contributed by atoms with E-state index in [1.807, 2.05) is 0 Å². The Hall–Kier alpha value is 0.0569. The van der Waals surface area contributed by atoms with E-state index in [4.69, 9.17) is 15.3 Å². The van der Waals surface area contributed by atoms with Crippen molar-refractivity contribution in [3.05, 3.63) is 0 Å². The molecule has 0 saturated carbocycles. The van der Waals surface area contributed by atoms with Crippen LogP contribution in [0.2, 0.25) is 0 Å². The predicted molar refractivity (Wildman–Crippen MR) is 47.6 cm³/mol. The van der Waals surface area contributed by atoms with Crippen LogP contribution in [-0.2, 0) is 0 Å². The van der Waals surface area contributed by atoms with Crippen molar-refractivity contribution >= 4 is 10.0 Å². The highest BCUT2D eigenvalue weighted by molar-refractivity contribution is 6.13. The smallest absolute Gasteiger partial charge is 0.299 e. The van der Waals surface area contributed by atoms with Gasteiger partial charge in [0.15, 0.2) is 0 Å². The van der Waals surface area contributed by atoms with E-state index in [9.17, 15) is 0 Å². The Balaban J connectivity index is 0.000000292. The van der Waals surface area contributed by atoms with Crippen molar-refractivity contribution in [2.75, 3.05) is 13.1 Å². The molecule has 68 valence electrons. The quantitative estimate of drug-likeness (QED) is 0.347. The van der Waals surface area contributed by atoms with E-state index < -0.39 is 10.0 Å². The maximum atomic E-state index is 7.26. The van der Waals surface area contributed by atoms with Crippen LogP contribution in [0.3, 0.4) is 0 Å². The van der Waals surface area contributed by atoms with Gasteiger partial charge in [0.25, 0.3) is 10.0 Å². The Kier molecular flexibility index (Phi) is 6.78. The third kappa shape index (κ3) is 5.34. The van der Waals surface area contributed by atoms with E-state index >= 15 is 0 Å². The summed E-state index contributed by atoms with van der Waals surface area (Å²) in [6.45, 7) is 4.36. The third-order valence-corrected chi connectivity index (χ3v) is 1.84. The summed E-state index contributed by atoms with van der Waals surface area (Å²) in [6, 6.07) is 0.380. The van der Waals surface area contributed by atoms with Gasteiger partial charge >= 0.3 is 0 Å². The zero-order valence-electron chi connectivity index (χ0n) is 6.95. The molecule has 11 heavy (non-hydrogen) atoms. The monoisotopic (exact) mass is 178 g/mol. The fourth-order valence-corrected chi connectivity index (χ4v) is 1.13. The lowest BCUT2D eigenvalue weighted by Gasteiger charge is -2.10. The maximum Gasteiger partial charge on any atom is 0.299 e. The van der Waals surface area contributed by atoms with Gasteiger partial charge in [0.1, 0.15) is 0 Å². The molecule has 0 aromatic heterocycles. The van der Waals surface area contributed by atoms with E-state index in [1.165, 1.54) is 6.42 Å². The molecule has 4 nitrogen and oxygen atoms in total. The van der Waals surface area contributed by atoms with Crippen LogP contribution in [0.15, 0.2) is 0 Å². The fraction of sp³-hybridized carbons (Fsp3) is 1.00. The minimum Gasteiger partial charge on any atom is -0.415 e. The van der Waals surface area contributed by atoms with Crippen LogP contribution in [0.1, 0.15) is 13.3 Å². The minimum atomic E-state index is -1.58. The van der Waals surface area contributed by atoms with Crippen LogP contribution in [0.5, 0.6) is 0 Å². The lowest BCUT2D eigenvalue weighted by molar-refractivity contribution is 0.448. The molecule has 0 aromatic carbocycles. The van der Waals surface area contributed by atoms with Gasteiger partial charge in [-0.1, -0.05) is 0 Å². The van der Waals surface area contributed by atoms with Crippen LogP contribution in [-0.4, -0.2) is 38.7 Å². The maximum absolute atomic E-state index is 7.26. The predicted octanol–water partition coefficient (Wildman–Crippen LogP) is -2.09. The summed E-state index contributed by atoms with van der Waals surface area (Å²) in [5.41, 5.74) is 5.66. The highest BCUT2D eigenvalue weighted by atomic mass is 28.2. The first-order valence-corrected chi connectivity index (χ1v) is 5.16. The number of nitrogens with one attached hydrogen (secondary N) is 1. The van der Waals surface area contributed by atoms with E-state index in [0.717, 1.165) is 19.0 Å². The van der Waals surface area contributed by atoms with Crippen LogP contribution < -0.4 is 11.1 Å². The molecule has 0 bridgehead atoms. The number of hydrogen-bond acceptors (Lipinski definition) is 4. The van der Waals surface area contributed by atoms with Crippen molar-refractivity contribution in [3.8, 4) is 0 Å². The van der Waals surface area contributed by atoms with Crippen molar-refractivity contribution in [2.45, 2.75) is 19.4 Å². The standard InChI is InChI=1S/C6H14N2.H4O2Si/c1-5(7)6-2-3-8-4-6;1-3-2/h5-6,8H,2-4,7H2,1H3;1-2H,3H2. The largest absolute Gasteiger partial charge is 0.415 e. The van der Waals surface area contributed by atoms with Crippen molar-refractivity contribution < 1.29 is 9.59 Å². The first-order valence-electron chi connectivity index (χ1n) is 3.90. The second-order valence-corrected chi connectivity index (χ2v) is 3.04. The van der Waals surface area contributed by atoms with Crippen molar-refractivity contribution in [2.24, 2.45) is 11.7 Å². The van der Waals surface area contributed by atoms with E-state index in [2.05, 4.69) is 12.2 Å². The average molecular weight is 178 g/mol. The van der Waals surface area contributed by atoms with Gasteiger partial charge in [0.05, 0.1) is 0 Å². The zero-order chi connectivity index (χ0) is 8.69. The van der Waals surface area contributed by atoms with Gasteiger partial charge in [0.2, 0.25) is 0 Å². The molecule has 1 aliphatic rings. The van der Waals surface area contributed by atoms with Crippen molar-refractivity contribution in [1.82, 2.24) is 5.32 Å². The fourth-order valence-electron chi connectivity index (χ4n) is 1.13. The van der Waals surface area contributed by atoms with Crippen LogP contribution in [0, 0.1) is 5.92 Å². The highest BCUT2D eigenvalue weighted by Gasteiger charge is 2.17. The van der Waals surface area contributed by atoms with Crippen LogP contribution in [0.25, 0.3) is 0 Å². The van der Waals surface area contributed by atoms with Gasteiger partial charge in [-0.25, -0.2) is 0 Å². The molecule has 1 saturated heterocycles. The zero-order valence-corrected chi connectivity index (χ0v) is 8.37. The van der Waals surface area contributed by atoms with Gasteiger partial charge in [-0.2, -0.15) is 0 Å². The Morgan fingerprint density at radius 2 is 2.18 bits per heavy atom. The molecule has 2 unspecified atom stereocenters. The molecule has 5 heteroatoms. The minimum absolute atomic E-state index is 0.380. The lowest BCUT2D eigenvalue weighted by Crippen LogP contribution is -2.27. The lowest BCUT2D eigenvalue weighted by atomic mass is 10.0. The van der Waals surface area contributed by atoms with Gasteiger partial charge < -0.3 is 20.6 Å². The molecule has 0 amide bonds. The molecule has 0 spiro atoms. The Morgan fingerprint density at radius 1 is 1.64 bits per heavy atom. The summed E-state index contributed by atoms with van der Waals surface area (Å²) in [5.74, 6) is 0.731. The molecule has 5 N–H and O–H groups in total. The second kappa shape index (κ2) is 6.75. The number of nitrogens with two attached hydrogens (primary N) is 1. The topological polar surface area (TPSA) is 78.5 Å². The summed E-state index contributed by atoms with van der Waals surface area (Å²) >= 11 is 0. The molecule has 2 atom stereocenters. The Morgan fingerprint density at radius 3 is 2.36 bits per heavy atom. The molecular formula is C6H18N2O2Si. The van der Waals surface area contributed by atoms with Crippen LogP contribution >= 0.6 is 0 Å². The normalized spacial score (nSPS) is 25.6. The van der Waals surface area contributed by atoms with E-state index in [1.54, 1.807) is 0 Å². The highest BCUT2D eigenvalue weighted by Crippen LogP contribution is 2.09. The molecule has 1 aliphatic heterocycles. The summed E-state index contributed by atoms with van der Waals surface area (Å²) < 4.78 is 0. The summed E-state index contributed by atoms with van der Waals surface area (Å²) in [6.07, 6.45) is 1.26. The van der Waals surface area contributed by atoms with Crippen molar-refractivity contribution in [3.63, 3.8) is 0 Å². The first kappa shape index (κ1) is 11.1. The second-order valence-electron chi connectivity index (χ2n) is 2.75. The molecule has 0 aliphatic carbocycles. The number of hydrogen-bond donors (Lipinski definition) is 4. The third-order valence-electron chi connectivity index (χ3n) is 1.84. The van der Waals surface area contributed by atoms with Gasteiger partial charge in [-0.05, 0) is 32.4 Å². The molecule has 0 aromatic rings.